The number of rotatable bonds is 5. The van der Waals surface area contributed by atoms with Crippen LogP contribution < -0.4 is 5.32 Å². The van der Waals surface area contributed by atoms with E-state index >= 15 is 0 Å². The molecule has 0 aliphatic heterocycles. The lowest BCUT2D eigenvalue weighted by Crippen LogP contribution is -2.35. The Morgan fingerprint density at radius 3 is 2.13 bits per heavy atom. The smallest absolute Gasteiger partial charge is 0.253 e. The molecule has 23 heavy (non-hydrogen) atoms. The second kappa shape index (κ2) is 7.62. The first-order chi connectivity index (χ1) is 11.0. The largest absolute Gasteiger partial charge is 0.339 e. The van der Waals surface area contributed by atoms with E-state index in [1.807, 2.05) is 26.0 Å². The molecular formula is C19H28N2O2. The highest BCUT2D eigenvalue weighted by Gasteiger charge is 2.34. The minimum atomic E-state index is -0.256. The lowest BCUT2D eigenvalue weighted by atomic mass is 9.75. The maximum absolute atomic E-state index is 12.5. The predicted molar refractivity (Wildman–Crippen MR) is 93.5 cm³/mol. The number of amides is 2. The predicted octanol–water partition coefficient (Wildman–Crippen LogP) is 4.08. The number of anilines is 1. The number of nitrogens with zero attached hydrogens (tertiary/aromatic N) is 1. The van der Waals surface area contributed by atoms with Crippen LogP contribution in [0.1, 0.15) is 63.2 Å². The second-order valence-electron chi connectivity index (χ2n) is 6.63. The molecule has 2 amide bonds. The fourth-order valence-corrected chi connectivity index (χ4v) is 3.23. The van der Waals surface area contributed by atoms with Crippen molar-refractivity contribution in [3.63, 3.8) is 0 Å². The van der Waals surface area contributed by atoms with Crippen molar-refractivity contribution < 1.29 is 9.59 Å². The van der Waals surface area contributed by atoms with Gasteiger partial charge in [0, 0.05) is 29.8 Å². The third-order valence-electron chi connectivity index (χ3n) is 4.95. The van der Waals surface area contributed by atoms with Crippen molar-refractivity contribution in [1.82, 2.24) is 4.90 Å². The molecule has 1 N–H and O–H groups in total. The van der Waals surface area contributed by atoms with Gasteiger partial charge in [0.25, 0.3) is 5.91 Å². The number of carbonyl (C=O) groups is 2. The van der Waals surface area contributed by atoms with Gasteiger partial charge in [0.15, 0.2) is 0 Å². The standard InChI is InChI=1S/C19H28N2O2/c1-4-21(5-2)17(22)15-9-11-16(12-10-15)20-18(23)19(3)13-7-6-8-14-19/h9-12H,4-8,13-14H2,1-3H3,(H,20,23). The molecule has 1 aromatic carbocycles. The Hall–Kier alpha value is -1.84. The Morgan fingerprint density at radius 1 is 1.04 bits per heavy atom. The molecule has 2 rings (SSSR count). The zero-order valence-electron chi connectivity index (χ0n) is 14.5. The van der Waals surface area contributed by atoms with Gasteiger partial charge in [0.2, 0.25) is 5.91 Å². The lowest BCUT2D eigenvalue weighted by Gasteiger charge is -2.32. The highest BCUT2D eigenvalue weighted by atomic mass is 16.2. The summed E-state index contributed by atoms with van der Waals surface area (Å²) in [4.78, 5) is 26.6. The normalized spacial score (nSPS) is 16.7. The Kier molecular flexibility index (Phi) is 5.80. The first-order valence-corrected chi connectivity index (χ1v) is 8.71. The van der Waals surface area contributed by atoms with Crippen molar-refractivity contribution >= 4 is 17.5 Å². The van der Waals surface area contributed by atoms with Gasteiger partial charge < -0.3 is 10.2 Å². The zero-order chi connectivity index (χ0) is 16.9. The number of hydrogen-bond acceptors (Lipinski definition) is 2. The van der Waals surface area contributed by atoms with Crippen LogP contribution in [0.4, 0.5) is 5.69 Å². The van der Waals surface area contributed by atoms with Gasteiger partial charge in [-0.05, 0) is 51.0 Å². The van der Waals surface area contributed by atoms with Gasteiger partial charge in [-0.3, -0.25) is 9.59 Å². The van der Waals surface area contributed by atoms with Crippen LogP contribution in [0.15, 0.2) is 24.3 Å². The lowest BCUT2D eigenvalue weighted by molar-refractivity contribution is -0.126. The molecule has 1 fully saturated rings. The van der Waals surface area contributed by atoms with Crippen LogP contribution in [-0.4, -0.2) is 29.8 Å². The van der Waals surface area contributed by atoms with Crippen molar-refractivity contribution in [3.8, 4) is 0 Å². The number of hydrogen-bond donors (Lipinski definition) is 1. The Bertz CT molecular complexity index is 541. The van der Waals surface area contributed by atoms with Crippen LogP contribution in [0, 0.1) is 5.41 Å². The molecule has 1 aliphatic rings. The first kappa shape index (κ1) is 17.5. The summed E-state index contributed by atoms with van der Waals surface area (Å²) in [6.45, 7) is 7.40. The average Bonchev–Trinajstić information content (AvgIpc) is 2.57. The topological polar surface area (TPSA) is 49.4 Å². The van der Waals surface area contributed by atoms with Crippen LogP contribution in [0.5, 0.6) is 0 Å². The van der Waals surface area contributed by atoms with E-state index in [1.165, 1.54) is 6.42 Å². The molecule has 0 bridgehead atoms. The van der Waals surface area contributed by atoms with E-state index in [4.69, 9.17) is 0 Å². The molecule has 0 heterocycles. The maximum atomic E-state index is 12.5. The van der Waals surface area contributed by atoms with Crippen LogP contribution in [0.2, 0.25) is 0 Å². The van der Waals surface area contributed by atoms with Crippen LogP contribution >= 0.6 is 0 Å². The third kappa shape index (κ3) is 4.12. The number of nitrogens with one attached hydrogen (secondary N) is 1. The average molecular weight is 316 g/mol. The van der Waals surface area contributed by atoms with E-state index in [0.29, 0.717) is 18.7 Å². The quantitative estimate of drug-likeness (QED) is 0.890. The molecule has 1 saturated carbocycles. The fraction of sp³-hybridized carbons (Fsp3) is 0.579. The summed E-state index contributed by atoms with van der Waals surface area (Å²) in [5, 5.41) is 3.01. The zero-order valence-corrected chi connectivity index (χ0v) is 14.5. The summed E-state index contributed by atoms with van der Waals surface area (Å²) >= 11 is 0. The van der Waals surface area contributed by atoms with Gasteiger partial charge >= 0.3 is 0 Å². The van der Waals surface area contributed by atoms with Gasteiger partial charge in [-0.2, -0.15) is 0 Å². The van der Waals surface area contributed by atoms with E-state index in [0.717, 1.165) is 31.4 Å². The van der Waals surface area contributed by atoms with Crippen LogP contribution in [0.3, 0.4) is 0 Å². The summed E-state index contributed by atoms with van der Waals surface area (Å²) in [7, 11) is 0. The van der Waals surface area contributed by atoms with Gasteiger partial charge in [-0.15, -0.1) is 0 Å². The molecule has 0 aromatic heterocycles. The molecule has 0 atom stereocenters. The highest BCUT2D eigenvalue weighted by Crippen LogP contribution is 2.36. The highest BCUT2D eigenvalue weighted by molar-refractivity contribution is 5.97. The minimum absolute atomic E-state index is 0.0344. The molecule has 1 aromatic rings. The fourth-order valence-electron chi connectivity index (χ4n) is 3.23. The summed E-state index contributed by atoms with van der Waals surface area (Å²) < 4.78 is 0. The van der Waals surface area contributed by atoms with E-state index in [-0.39, 0.29) is 17.2 Å². The summed E-state index contributed by atoms with van der Waals surface area (Å²) in [5.41, 5.74) is 1.17. The van der Waals surface area contributed by atoms with Crippen molar-refractivity contribution in [1.29, 1.82) is 0 Å². The van der Waals surface area contributed by atoms with E-state index < -0.39 is 0 Å². The molecule has 0 spiro atoms. The van der Waals surface area contributed by atoms with Gasteiger partial charge in [0.05, 0.1) is 0 Å². The first-order valence-electron chi connectivity index (χ1n) is 8.71. The SMILES string of the molecule is CCN(CC)C(=O)c1ccc(NC(=O)C2(C)CCCCC2)cc1. The van der Waals surface area contributed by atoms with Gasteiger partial charge in [0.1, 0.15) is 0 Å². The number of carbonyl (C=O) groups excluding carboxylic acids is 2. The molecule has 0 unspecified atom stereocenters. The molecule has 1 aliphatic carbocycles. The summed E-state index contributed by atoms with van der Waals surface area (Å²) in [6.07, 6.45) is 5.39. The minimum Gasteiger partial charge on any atom is -0.339 e. The Labute approximate surface area is 139 Å². The molecule has 4 heteroatoms. The number of benzene rings is 1. The van der Waals surface area contributed by atoms with Gasteiger partial charge in [-0.1, -0.05) is 26.2 Å². The monoisotopic (exact) mass is 316 g/mol. The Morgan fingerprint density at radius 2 is 1.61 bits per heavy atom. The van der Waals surface area contributed by atoms with E-state index in [1.54, 1.807) is 17.0 Å². The molecule has 0 saturated heterocycles. The molecule has 0 radical (unpaired) electrons. The summed E-state index contributed by atoms with van der Waals surface area (Å²) in [5.74, 6) is 0.132. The van der Waals surface area contributed by atoms with Crippen LogP contribution in [0.25, 0.3) is 0 Å². The van der Waals surface area contributed by atoms with Crippen molar-refractivity contribution in [2.24, 2.45) is 5.41 Å². The van der Waals surface area contributed by atoms with E-state index in [2.05, 4.69) is 12.2 Å². The van der Waals surface area contributed by atoms with E-state index in [9.17, 15) is 9.59 Å². The van der Waals surface area contributed by atoms with Crippen molar-refractivity contribution in [2.45, 2.75) is 52.9 Å². The maximum Gasteiger partial charge on any atom is 0.253 e. The van der Waals surface area contributed by atoms with Crippen LogP contribution in [-0.2, 0) is 4.79 Å². The second-order valence-corrected chi connectivity index (χ2v) is 6.63. The van der Waals surface area contributed by atoms with Gasteiger partial charge in [-0.25, -0.2) is 0 Å². The Balaban J connectivity index is 2.02. The molecule has 126 valence electrons. The molecule has 4 nitrogen and oxygen atoms in total. The third-order valence-corrected chi connectivity index (χ3v) is 4.95. The summed E-state index contributed by atoms with van der Waals surface area (Å²) in [6, 6.07) is 7.22. The van der Waals surface area contributed by atoms with Crippen molar-refractivity contribution in [3.05, 3.63) is 29.8 Å². The van der Waals surface area contributed by atoms with Crippen molar-refractivity contribution in [2.75, 3.05) is 18.4 Å². The molecular weight excluding hydrogens is 288 g/mol.